The van der Waals surface area contributed by atoms with Crippen LogP contribution < -0.4 is 9.47 Å². The van der Waals surface area contributed by atoms with Crippen LogP contribution >= 0.6 is 23.4 Å². The molecule has 1 heterocycles. The Bertz CT molecular complexity index is 810. The molecule has 1 aromatic carbocycles. The summed E-state index contributed by atoms with van der Waals surface area (Å²) in [7, 11) is 0. The maximum atomic E-state index is 12.7. The van der Waals surface area contributed by atoms with Crippen LogP contribution in [0.15, 0.2) is 17.0 Å². The van der Waals surface area contributed by atoms with E-state index in [1.54, 1.807) is 19.1 Å². The van der Waals surface area contributed by atoms with Crippen LogP contribution in [0.4, 0.5) is 4.79 Å². The monoisotopic (exact) mass is 427 g/mol. The first-order chi connectivity index (χ1) is 13.3. The zero-order chi connectivity index (χ0) is 20.8. The molecule has 2 amide bonds. The van der Waals surface area contributed by atoms with Gasteiger partial charge in [-0.2, -0.15) is 0 Å². The molecule has 1 aromatic rings. The van der Waals surface area contributed by atoms with Crippen LogP contribution in [0.2, 0.25) is 5.02 Å². The Hall–Kier alpha value is -2.19. The molecule has 1 atom stereocenters. The van der Waals surface area contributed by atoms with Gasteiger partial charge in [-0.1, -0.05) is 11.6 Å². The molecule has 0 aromatic heterocycles. The summed E-state index contributed by atoms with van der Waals surface area (Å²) < 4.78 is 16.0. The molecule has 1 saturated heterocycles. The Labute approximate surface area is 172 Å². The SMILES string of the molecule is CCOC(=O)C(C)N1C(=O)SC(=Cc2cc(OCC)c(OCC)cc2Cl)C1=O. The first-order valence-electron chi connectivity index (χ1n) is 8.86. The highest BCUT2D eigenvalue weighted by Gasteiger charge is 2.41. The average Bonchev–Trinajstić information content (AvgIpc) is 2.92. The van der Waals surface area contributed by atoms with E-state index in [0.29, 0.717) is 35.3 Å². The Balaban J connectivity index is 2.35. The van der Waals surface area contributed by atoms with Gasteiger partial charge in [0.05, 0.1) is 29.7 Å². The molecular formula is C19H22ClNO6S. The Kier molecular flexibility index (Phi) is 7.77. The molecule has 9 heteroatoms. The lowest BCUT2D eigenvalue weighted by Crippen LogP contribution is -2.42. The third-order valence-corrected chi connectivity index (χ3v) is 5.00. The maximum Gasteiger partial charge on any atom is 0.329 e. The molecule has 0 bridgehead atoms. The van der Waals surface area contributed by atoms with Crippen LogP contribution in [0.3, 0.4) is 0 Å². The van der Waals surface area contributed by atoms with Crippen LogP contribution in [0.5, 0.6) is 11.5 Å². The number of benzene rings is 1. The van der Waals surface area contributed by atoms with Crippen molar-refractivity contribution in [2.24, 2.45) is 0 Å². The van der Waals surface area contributed by atoms with E-state index < -0.39 is 23.2 Å². The highest BCUT2D eigenvalue weighted by molar-refractivity contribution is 8.18. The van der Waals surface area contributed by atoms with Gasteiger partial charge in [0.15, 0.2) is 11.5 Å². The minimum Gasteiger partial charge on any atom is -0.490 e. The van der Waals surface area contributed by atoms with Crippen LogP contribution in [-0.4, -0.2) is 47.9 Å². The number of nitrogens with zero attached hydrogens (tertiary/aromatic N) is 1. The lowest BCUT2D eigenvalue weighted by atomic mass is 10.1. The summed E-state index contributed by atoms with van der Waals surface area (Å²) in [6.45, 7) is 7.83. The zero-order valence-corrected chi connectivity index (χ0v) is 17.7. The number of hydrogen-bond donors (Lipinski definition) is 0. The number of thioether (sulfide) groups is 1. The van der Waals surface area contributed by atoms with Gasteiger partial charge in [-0.15, -0.1) is 0 Å². The molecule has 0 saturated carbocycles. The topological polar surface area (TPSA) is 82.1 Å². The summed E-state index contributed by atoms with van der Waals surface area (Å²) in [5.41, 5.74) is 0.503. The number of ether oxygens (including phenoxy) is 3. The van der Waals surface area contributed by atoms with Gasteiger partial charge in [0.25, 0.3) is 11.1 Å². The van der Waals surface area contributed by atoms with Crippen LogP contribution in [0, 0.1) is 0 Å². The van der Waals surface area contributed by atoms with Crippen molar-refractivity contribution >= 4 is 46.6 Å². The fourth-order valence-corrected chi connectivity index (χ4v) is 3.63. The molecule has 1 fully saturated rings. The summed E-state index contributed by atoms with van der Waals surface area (Å²) in [5, 5.41) is -0.193. The van der Waals surface area contributed by atoms with E-state index in [9.17, 15) is 14.4 Å². The molecule has 7 nitrogen and oxygen atoms in total. The third-order valence-electron chi connectivity index (χ3n) is 3.79. The van der Waals surface area contributed by atoms with E-state index in [0.717, 1.165) is 16.7 Å². The molecular weight excluding hydrogens is 406 g/mol. The van der Waals surface area contributed by atoms with Crippen molar-refractivity contribution in [3.05, 3.63) is 27.6 Å². The number of rotatable bonds is 8. The molecule has 2 rings (SSSR count). The highest BCUT2D eigenvalue weighted by Crippen LogP contribution is 2.38. The molecule has 0 radical (unpaired) electrons. The fraction of sp³-hybridized carbons (Fsp3) is 0.421. The van der Waals surface area contributed by atoms with Gasteiger partial charge < -0.3 is 14.2 Å². The Morgan fingerprint density at radius 1 is 1.14 bits per heavy atom. The number of imide groups is 1. The molecule has 152 valence electrons. The van der Waals surface area contributed by atoms with Gasteiger partial charge in [-0.05, 0) is 57.2 Å². The van der Waals surface area contributed by atoms with Gasteiger partial charge in [0.2, 0.25) is 0 Å². The predicted octanol–water partition coefficient (Wildman–Crippen LogP) is 4.13. The Morgan fingerprint density at radius 2 is 1.75 bits per heavy atom. The van der Waals surface area contributed by atoms with Gasteiger partial charge in [-0.3, -0.25) is 14.5 Å². The normalized spacial score (nSPS) is 16.5. The number of esters is 1. The molecule has 1 unspecified atom stereocenters. The second-order valence-corrected chi connectivity index (χ2v) is 7.07. The van der Waals surface area contributed by atoms with E-state index in [-0.39, 0.29) is 11.5 Å². The number of carbonyl (C=O) groups is 3. The zero-order valence-electron chi connectivity index (χ0n) is 16.1. The predicted molar refractivity (Wildman–Crippen MR) is 108 cm³/mol. The third kappa shape index (κ3) is 4.80. The van der Waals surface area contributed by atoms with Crippen molar-refractivity contribution in [2.45, 2.75) is 33.7 Å². The first-order valence-corrected chi connectivity index (χ1v) is 10.1. The highest BCUT2D eigenvalue weighted by atomic mass is 35.5. The number of amides is 2. The van der Waals surface area contributed by atoms with E-state index in [1.165, 1.54) is 13.0 Å². The van der Waals surface area contributed by atoms with Gasteiger partial charge in [0.1, 0.15) is 6.04 Å². The smallest absolute Gasteiger partial charge is 0.329 e. The summed E-state index contributed by atoms with van der Waals surface area (Å²) in [6.07, 6.45) is 1.50. The summed E-state index contributed by atoms with van der Waals surface area (Å²) in [6, 6.07) is 2.25. The van der Waals surface area contributed by atoms with Crippen molar-refractivity contribution in [3.63, 3.8) is 0 Å². The van der Waals surface area contributed by atoms with E-state index in [4.69, 9.17) is 25.8 Å². The standard InChI is InChI=1S/C19H22ClNO6S/c1-5-25-14-8-12(13(20)10-15(14)26-6-2)9-16-17(22)21(19(24)28-16)11(4)18(23)27-7-3/h8-11H,5-7H2,1-4H3. The molecule has 0 spiro atoms. The number of halogens is 1. The minimum absolute atomic E-state index is 0.162. The summed E-state index contributed by atoms with van der Waals surface area (Å²) in [5.74, 6) is -0.225. The number of carbonyl (C=O) groups excluding carboxylic acids is 3. The van der Waals surface area contributed by atoms with Crippen LogP contribution in [0.1, 0.15) is 33.3 Å². The lowest BCUT2D eigenvalue weighted by molar-refractivity contribution is -0.150. The van der Waals surface area contributed by atoms with Crippen molar-refractivity contribution in [3.8, 4) is 11.5 Å². The summed E-state index contributed by atoms with van der Waals surface area (Å²) >= 11 is 7.06. The van der Waals surface area contributed by atoms with Crippen molar-refractivity contribution in [1.29, 1.82) is 0 Å². The number of hydrogen-bond acceptors (Lipinski definition) is 7. The lowest BCUT2D eigenvalue weighted by Gasteiger charge is -2.19. The van der Waals surface area contributed by atoms with Crippen LogP contribution in [0.25, 0.3) is 6.08 Å². The molecule has 0 aliphatic carbocycles. The van der Waals surface area contributed by atoms with E-state index in [2.05, 4.69) is 0 Å². The minimum atomic E-state index is -1.01. The van der Waals surface area contributed by atoms with Crippen molar-refractivity contribution < 1.29 is 28.6 Å². The largest absolute Gasteiger partial charge is 0.490 e. The van der Waals surface area contributed by atoms with Gasteiger partial charge >= 0.3 is 5.97 Å². The average molecular weight is 428 g/mol. The fourth-order valence-electron chi connectivity index (χ4n) is 2.52. The molecule has 1 aliphatic rings. The molecule has 0 N–H and O–H groups in total. The quantitative estimate of drug-likeness (QED) is 0.455. The van der Waals surface area contributed by atoms with Crippen LogP contribution in [-0.2, 0) is 14.3 Å². The maximum absolute atomic E-state index is 12.7. The Morgan fingerprint density at radius 3 is 2.32 bits per heavy atom. The molecule has 28 heavy (non-hydrogen) atoms. The molecule has 1 aliphatic heterocycles. The second kappa shape index (κ2) is 9.84. The van der Waals surface area contributed by atoms with Crippen molar-refractivity contribution in [1.82, 2.24) is 4.90 Å². The van der Waals surface area contributed by atoms with Gasteiger partial charge in [0, 0.05) is 6.07 Å². The van der Waals surface area contributed by atoms with Gasteiger partial charge in [-0.25, -0.2) is 4.79 Å². The summed E-state index contributed by atoms with van der Waals surface area (Å²) in [4.78, 5) is 37.9. The second-order valence-electron chi connectivity index (χ2n) is 5.67. The van der Waals surface area contributed by atoms with E-state index >= 15 is 0 Å². The first kappa shape index (κ1) is 22.1. The van der Waals surface area contributed by atoms with E-state index in [1.807, 2.05) is 13.8 Å². The van der Waals surface area contributed by atoms with Crippen molar-refractivity contribution in [2.75, 3.05) is 19.8 Å².